The van der Waals surface area contributed by atoms with Crippen molar-refractivity contribution in [1.82, 2.24) is 24.6 Å². The van der Waals surface area contributed by atoms with Crippen molar-refractivity contribution in [2.75, 3.05) is 24.1 Å². The molecule has 4 aromatic rings. The molecule has 1 fully saturated rings. The number of likely N-dealkylation sites (tertiary alicyclic amines) is 1. The van der Waals surface area contributed by atoms with Crippen LogP contribution in [0.2, 0.25) is 0 Å². The maximum atomic E-state index is 13.4. The second-order valence-corrected chi connectivity index (χ2v) is 12.1. The van der Waals surface area contributed by atoms with Gasteiger partial charge in [-0.1, -0.05) is 29.8 Å². The van der Waals surface area contributed by atoms with Crippen LogP contribution in [-0.4, -0.2) is 61.3 Å². The Kier molecular flexibility index (Phi) is 9.31. The highest BCUT2D eigenvalue weighted by Gasteiger charge is 2.30. The number of nitrogens with zero attached hydrogens (tertiary/aromatic N) is 5. The number of rotatable bonds is 7. The number of aryl methyl sites for hydroxylation is 1. The van der Waals surface area contributed by atoms with Crippen LogP contribution in [0.5, 0.6) is 0 Å². The molecule has 2 aromatic carbocycles. The Morgan fingerprint density at radius 3 is 2.35 bits per heavy atom. The first-order valence-electron chi connectivity index (χ1n) is 14.9. The van der Waals surface area contributed by atoms with E-state index in [4.69, 9.17) is 15.2 Å². The number of halogens is 1. The van der Waals surface area contributed by atoms with Gasteiger partial charge in [0.15, 0.2) is 11.5 Å². The minimum atomic E-state index is -1.36. The van der Waals surface area contributed by atoms with Gasteiger partial charge < -0.3 is 25.4 Å². The Morgan fingerprint density at radius 1 is 1.02 bits per heavy atom. The zero-order chi connectivity index (χ0) is 33.0. The van der Waals surface area contributed by atoms with Crippen LogP contribution in [0.25, 0.3) is 11.3 Å². The number of piperidine rings is 1. The molecule has 5 rings (SSSR count). The molecule has 13 heteroatoms. The number of benzene rings is 2. The number of nitrogens with two attached hydrogens (primary N) is 1. The number of carbonyl (C=O) groups is 3. The number of amides is 2. The Bertz CT molecular complexity index is 1710. The molecule has 240 valence electrons. The van der Waals surface area contributed by atoms with E-state index < -0.39 is 29.4 Å². The van der Waals surface area contributed by atoms with E-state index in [1.165, 1.54) is 30.5 Å². The number of ether oxygens (including phenoxy) is 2. The molecule has 0 bridgehead atoms. The maximum Gasteiger partial charge on any atom is 0.410 e. The summed E-state index contributed by atoms with van der Waals surface area (Å²) in [6.45, 7) is 8.46. The monoisotopic (exact) mass is 629 g/mol. The highest BCUT2D eigenvalue weighted by Crippen LogP contribution is 2.28. The molecule has 2 aromatic heterocycles. The van der Waals surface area contributed by atoms with Gasteiger partial charge in [0.2, 0.25) is 6.10 Å². The van der Waals surface area contributed by atoms with Crippen molar-refractivity contribution >= 4 is 29.5 Å². The number of nitrogen functional groups attached to an aromatic ring is 1. The van der Waals surface area contributed by atoms with Crippen LogP contribution in [0.4, 0.5) is 20.7 Å². The third kappa shape index (κ3) is 7.84. The molecule has 12 nitrogen and oxygen atoms in total. The van der Waals surface area contributed by atoms with E-state index in [1.807, 2.05) is 32.4 Å². The predicted octanol–water partition coefficient (Wildman–Crippen LogP) is 5.48. The van der Waals surface area contributed by atoms with E-state index in [2.05, 4.69) is 20.4 Å². The highest BCUT2D eigenvalue weighted by atomic mass is 19.1. The molecule has 0 saturated carbocycles. The second kappa shape index (κ2) is 13.3. The summed E-state index contributed by atoms with van der Waals surface area (Å²) in [5.41, 5.74) is 7.84. The van der Waals surface area contributed by atoms with Crippen LogP contribution < -0.4 is 11.1 Å². The molecule has 0 radical (unpaired) electrons. The van der Waals surface area contributed by atoms with Crippen molar-refractivity contribution in [3.05, 3.63) is 89.8 Å². The fourth-order valence-electron chi connectivity index (χ4n) is 4.92. The molecular formula is C33H36FN7O5. The summed E-state index contributed by atoms with van der Waals surface area (Å²) >= 11 is 0. The van der Waals surface area contributed by atoms with Crippen molar-refractivity contribution in [1.29, 1.82) is 0 Å². The first-order chi connectivity index (χ1) is 21.9. The van der Waals surface area contributed by atoms with Gasteiger partial charge in [0.05, 0.1) is 24.1 Å². The lowest BCUT2D eigenvalue weighted by Gasteiger charge is -2.33. The average Bonchev–Trinajstić information content (AvgIpc) is 3.51. The smallest absolute Gasteiger partial charge is 0.410 e. The summed E-state index contributed by atoms with van der Waals surface area (Å²) in [6.07, 6.45) is 4.52. The number of esters is 1. The van der Waals surface area contributed by atoms with Crippen LogP contribution in [0.15, 0.2) is 67.1 Å². The van der Waals surface area contributed by atoms with E-state index in [0.29, 0.717) is 48.4 Å². The van der Waals surface area contributed by atoms with Gasteiger partial charge in [0.1, 0.15) is 11.4 Å². The SMILES string of the molecule is Cc1ccc(C(OC(=O)c2nc(-c3cnn(C4CCN(C(=O)OC(C)(C)C)CC4)c3)cnc2N)C(=O)Nc2ccc(F)cc2)cc1. The van der Waals surface area contributed by atoms with E-state index >= 15 is 0 Å². The van der Waals surface area contributed by atoms with Gasteiger partial charge >= 0.3 is 12.1 Å². The average molecular weight is 630 g/mol. The number of anilines is 2. The second-order valence-electron chi connectivity index (χ2n) is 12.1. The number of carbonyl (C=O) groups excluding carboxylic acids is 3. The Balaban J connectivity index is 1.31. The Morgan fingerprint density at radius 2 is 1.70 bits per heavy atom. The summed E-state index contributed by atoms with van der Waals surface area (Å²) in [7, 11) is 0. The van der Waals surface area contributed by atoms with Crippen molar-refractivity contribution in [2.24, 2.45) is 0 Å². The van der Waals surface area contributed by atoms with E-state index in [-0.39, 0.29) is 23.6 Å². The van der Waals surface area contributed by atoms with Gasteiger partial charge in [-0.15, -0.1) is 0 Å². The van der Waals surface area contributed by atoms with Gasteiger partial charge in [0.25, 0.3) is 5.91 Å². The normalized spacial score (nSPS) is 14.4. The molecule has 3 N–H and O–H groups in total. The van der Waals surface area contributed by atoms with Crippen LogP contribution >= 0.6 is 0 Å². The number of hydrogen-bond donors (Lipinski definition) is 2. The zero-order valence-electron chi connectivity index (χ0n) is 26.1. The van der Waals surface area contributed by atoms with Gasteiger partial charge in [-0.05, 0) is 64.8 Å². The van der Waals surface area contributed by atoms with E-state index in [1.54, 1.807) is 41.6 Å². The van der Waals surface area contributed by atoms with Crippen LogP contribution in [0.1, 0.15) is 67.4 Å². The van der Waals surface area contributed by atoms with Crippen LogP contribution in [0.3, 0.4) is 0 Å². The molecule has 46 heavy (non-hydrogen) atoms. The first kappa shape index (κ1) is 32.1. The minimum absolute atomic E-state index is 0.0495. The molecule has 2 amide bonds. The largest absolute Gasteiger partial charge is 0.444 e. The first-order valence-corrected chi connectivity index (χ1v) is 14.9. The van der Waals surface area contributed by atoms with Crippen molar-refractivity contribution in [3.8, 4) is 11.3 Å². The molecule has 0 spiro atoms. The summed E-state index contributed by atoms with van der Waals surface area (Å²) < 4.78 is 26.4. The third-order valence-electron chi connectivity index (χ3n) is 7.34. The topological polar surface area (TPSA) is 155 Å². The molecule has 1 aliphatic heterocycles. The van der Waals surface area contributed by atoms with Crippen molar-refractivity contribution in [3.63, 3.8) is 0 Å². The number of hydrogen-bond acceptors (Lipinski definition) is 9. The number of aromatic nitrogens is 4. The summed E-state index contributed by atoms with van der Waals surface area (Å²) in [5, 5.41) is 7.15. The Hall–Kier alpha value is -5.33. The van der Waals surface area contributed by atoms with Crippen LogP contribution in [-0.2, 0) is 14.3 Å². The lowest BCUT2D eigenvalue weighted by molar-refractivity contribution is -0.125. The summed E-state index contributed by atoms with van der Waals surface area (Å²) in [4.78, 5) is 49.4. The molecule has 3 heterocycles. The minimum Gasteiger partial charge on any atom is -0.444 e. The Labute approximate surface area is 265 Å². The quantitative estimate of drug-likeness (QED) is 0.253. The third-order valence-corrected chi connectivity index (χ3v) is 7.34. The summed E-state index contributed by atoms with van der Waals surface area (Å²) in [5.74, 6) is -2.22. The van der Waals surface area contributed by atoms with Crippen molar-refractivity contribution in [2.45, 2.75) is 58.3 Å². The lowest BCUT2D eigenvalue weighted by Crippen LogP contribution is -2.42. The fourth-order valence-corrected chi connectivity index (χ4v) is 4.92. The van der Waals surface area contributed by atoms with Gasteiger partial charge in [-0.25, -0.2) is 23.9 Å². The molecule has 1 saturated heterocycles. The zero-order valence-corrected chi connectivity index (χ0v) is 26.1. The maximum absolute atomic E-state index is 13.4. The lowest BCUT2D eigenvalue weighted by atomic mass is 10.1. The van der Waals surface area contributed by atoms with Crippen LogP contribution in [0, 0.1) is 12.7 Å². The van der Waals surface area contributed by atoms with Gasteiger partial charge in [-0.3, -0.25) is 9.48 Å². The highest BCUT2D eigenvalue weighted by molar-refractivity contribution is 5.99. The standard InChI is InChI=1S/C33H36FN7O5/c1-20-5-7-21(8-6-20)28(30(42)38-24-11-9-23(34)10-12-24)45-31(43)27-29(35)36-18-26(39-27)22-17-37-41(19-22)25-13-15-40(16-14-25)32(44)46-33(2,3)4/h5-12,17-19,25,28H,13-16H2,1-4H3,(H2,35,36)(H,38,42). The number of nitrogens with one attached hydrogen (secondary N) is 1. The molecule has 1 unspecified atom stereocenters. The molecule has 0 aliphatic carbocycles. The fraction of sp³-hybridized carbons (Fsp3) is 0.333. The van der Waals surface area contributed by atoms with E-state index in [9.17, 15) is 18.8 Å². The molecule has 1 atom stereocenters. The summed E-state index contributed by atoms with van der Waals surface area (Å²) in [6, 6.07) is 12.2. The van der Waals surface area contributed by atoms with Crippen molar-refractivity contribution < 1.29 is 28.2 Å². The van der Waals surface area contributed by atoms with Gasteiger partial charge in [0, 0.05) is 36.1 Å². The van der Waals surface area contributed by atoms with Gasteiger partial charge in [-0.2, -0.15) is 5.10 Å². The molecule has 1 aliphatic rings. The molecular weight excluding hydrogens is 593 g/mol. The predicted molar refractivity (Wildman–Crippen MR) is 168 cm³/mol. The van der Waals surface area contributed by atoms with E-state index in [0.717, 1.165) is 5.56 Å².